The fraction of sp³-hybridized carbons (Fsp3) is 0.138. The summed E-state index contributed by atoms with van der Waals surface area (Å²) in [5, 5.41) is 19.5. The number of nitrogens with two attached hydrogens (primary N) is 1. The summed E-state index contributed by atoms with van der Waals surface area (Å²) in [6.45, 7) is 0. The summed E-state index contributed by atoms with van der Waals surface area (Å²) in [4.78, 5) is 13.8. The lowest BCUT2D eigenvalue weighted by Gasteiger charge is -2.42. The molecule has 0 spiro atoms. The highest BCUT2D eigenvalue weighted by molar-refractivity contribution is 5.98. The fourth-order valence-electron chi connectivity index (χ4n) is 5.20. The average Bonchev–Trinajstić information content (AvgIpc) is 3.37. The molecule has 8 nitrogen and oxygen atoms in total. The number of rotatable bonds is 4. The molecule has 0 atom stereocenters. The van der Waals surface area contributed by atoms with Gasteiger partial charge in [-0.15, -0.1) is 10.2 Å². The predicted octanol–water partition coefficient (Wildman–Crippen LogP) is 4.38. The van der Waals surface area contributed by atoms with Gasteiger partial charge in [-0.05, 0) is 42.2 Å². The van der Waals surface area contributed by atoms with E-state index in [1.54, 1.807) is 18.5 Å². The lowest BCUT2D eigenvalue weighted by Crippen LogP contribution is -2.51. The van der Waals surface area contributed by atoms with Crippen molar-refractivity contribution in [3.63, 3.8) is 0 Å². The lowest BCUT2D eigenvalue weighted by molar-refractivity contribution is 0.0209. The zero-order valence-corrected chi connectivity index (χ0v) is 19.9. The molecule has 4 heterocycles. The maximum atomic E-state index is 9.77. The number of aliphatic hydroxyl groups is 1. The molecule has 4 aromatic heterocycles. The maximum absolute atomic E-state index is 9.77. The summed E-state index contributed by atoms with van der Waals surface area (Å²) < 4.78 is 1.90. The molecule has 1 aliphatic carbocycles. The van der Waals surface area contributed by atoms with Crippen LogP contribution in [0.15, 0.2) is 91.4 Å². The third-order valence-corrected chi connectivity index (χ3v) is 7.15. The molecule has 8 heteroatoms. The Balaban J connectivity index is 1.40. The normalized spacial score (nSPS) is 19.2. The molecular weight excluding hydrogens is 462 g/mol. The first-order valence-electron chi connectivity index (χ1n) is 12.2. The van der Waals surface area contributed by atoms with E-state index in [9.17, 15) is 5.11 Å². The van der Waals surface area contributed by atoms with Crippen molar-refractivity contribution in [2.24, 2.45) is 5.73 Å². The molecule has 0 bridgehead atoms. The predicted molar refractivity (Wildman–Crippen MR) is 141 cm³/mol. The summed E-state index contributed by atoms with van der Waals surface area (Å²) in [7, 11) is 0. The number of hydrogen-bond donors (Lipinski definition) is 2. The number of aromatic nitrogens is 6. The monoisotopic (exact) mass is 485 g/mol. The van der Waals surface area contributed by atoms with E-state index in [-0.39, 0.29) is 6.10 Å². The van der Waals surface area contributed by atoms with E-state index in [0.717, 1.165) is 38.9 Å². The quantitative estimate of drug-likeness (QED) is 0.381. The van der Waals surface area contributed by atoms with Gasteiger partial charge < -0.3 is 10.8 Å². The van der Waals surface area contributed by atoms with Gasteiger partial charge in [0.2, 0.25) is 5.82 Å². The molecule has 0 amide bonds. The van der Waals surface area contributed by atoms with Crippen molar-refractivity contribution >= 4 is 16.6 Å². The van der Waals surface area contributed by atoms with E-state index in [1.165, 1.54) is 0 Å². The molecule has 37 heavy (non-hydrogen) atoms. The van der Waals surface area contributed by atoms with Crippen molar-refractivity contribution in [3.05, 3.63) is 97.0 Å². The SMILES string of the molecule is N[C@]1(c2ccc(-c3nc4ccn5c(-c6ncccn6)nnc5c4cc3-c3ccccc3)cc2)C[C@@H](O)C1. The van der Waals surface area contributed by atoms with Crippen molar-refractivity contribution in [1.82, 2.24) is 29.5 Å². The topological polar surface area (TPSA) is 115 Å². The Hall–Kier alpha value is -4.53. The second-order valence-electron chi connectivity index (χ2n) is 9.58. The molecule has 1 saturated carbocycles. The van der Waals surface area contributed by atoms with Crippen LogP contribution < -0.4 is 5.73 Å². The first-order valence-corrected chi connectivity index (χ1v) is 12.2. The van der Waals surface area contributed by atoms with E-state index in [0.29, 0.717) is 30.1 Å². The van der Waals surface area contributed by atoms with Gasteiger partial charge in [-0.3, -0.25) is 4.40 Å². The Kier molecular flexibility index (Phi) is 4.85. The molecule has 2 aromatic carbocycles. The second kappa shape index (κ2) is 8.26. The van der Waals surface area contributed by atoms with Crippen LogP contribution in [-0.4, -0.2) is 40.8 Å². The molecule has 180 valence electrons. The fourth-order valence-corrected chi connectivity index (χ4v) is 5.20. The Morgan fingerprint density at radius 2 is 1.62 bits per heavy atom. The summed E-state index contributed by atoms with van der Waals surface area (Å²) in [6.07, 6.45) is 6.14. The van der Waals surface area contributed by atoms with E-state index in [1.807, 2.05) is 34.9 Å². The molecule has 3 N–H and O–H groups in total. The van der Waals surface area contributed by atoms with Crippen molar-refractivity contribution < 1.29 is 5.11 Å². The van der Waals surface area contributed by atoms with Gasteiger partial charge in [0.1, 0.15) is 0 Å². The van der Waals surface area contributed by atoms with Gasteiger partial charge in [-0.25, -0.2) is 15.0 Å². The number of pyridine rings is 2. The van der Waals surface area contributed by atoms with Crippen molar-refractivity contribution in [3.8, 4) is 34.0 Å². The van der Waals surface area contributed by atoms with Gasteiger partial charge in [0.15, 0.2) is 11.5 Å². The van der Waals surface area contributed by atoms with Gasteiger partial charge in [-0.1, -0.05) is 54.6 Å². The number of aliphatic hydroxyl groups excluding tert-OH is 1. The Labute approximate surface area is 212 Å². The Bertz CT molecular complexity index is 1740. The first-order chi connectivity index (χ1) is 18.1. The molecule has 0 radical (unpaired) electrons. The average molecular weight is 486 g/mol. The molecule has 1 fully saturated rings. The highest BCUT2D eigenvalue weighted by Crippen LogP contribution is 2.40. The standard InChI is InChI=1S/C29H23N7O/c30-29(16-21(37)17-29)20-9-7-19(8-10-20)25-22(18-5-2-1-3-6-18)15-23-24(33-25)11-14-36-27(23)34-35-28(36)26-31-12-4-13-32-26/h1-15,21,37H,16-17,30H2/t21-,29-. The largest absolute Gasteiger partial charge is 0.393 e. The smallest absolute Gasteiger partial charge is 0.206 e. The third-order valence-electron chi connectivity index (χ3n) is 7.15. The van der Waals surface area contributed by atoms with Gasteiger partial charge in [0, 0.05) is 40.6 Å². The van der Waals surface area contributed by atoms with Gasteiger partial charge in [-0.2, -0.15) is 0 Å². The molecule has 0 saturated heterocycles. The Morgan fingerprint density at radius 1 is 0.865 bits per heavy atom. The first kappa shape index (κ1) is 21.7. The summed E-state index contributed by atoms with van der Waals surface area (Å²) in [5.41, 5.74) is 12.5. The van der Waals surface area contributed by atoms with Crippen LogP contribution in [0.2, 0.25) is 0 Å². The number of hydrogen-bond acceptors (Lipinski definition) is 7. The van der Waals surface area contributed by atoms with E-state index < -0.39 is 5.54 Å². The minimum Gasteiger partial charge on any atom is -0.393 e. The number of fused-ring (bicyclic) bond motifs is 3. The van der Waals surface area contributed by atoms with Gasteiger partial charge in [0.05, 0.1) is 17.3 Å². The van der Waals surface area contributed by atoms with E-state index in [2.05, 4.69) is 62.6 Å². The van der Waals surface area contributed by atoms with Crippen LogP contribution in [0.25, 0.3) is 50.6 Å². The molecule has 0 aliphatic heterocycles. The van der Waals surface area contributed by atoms with Crippen LogP contribution in [-0.2, 0) is 5.54 Å². The third kappa shape index (κ3) is 3.57. The van der Waals surface area contributed by atoms with Crippen molar-refractivity contribution in [2.75, 3.05) is 0 Å². The molecule has 7 rings (SSSR count). The maximum Gasteiger partial charge on any atom is 0.206 e. The minimum absolute atomic E-state index is 0.320. The van der Waals surface area contributed by atoms with Crippen molar-refractivity contribution in [1.29, 1.82) is 0 Å². The highest BCUT2D eigenvalue weighted by Gasteiger charge is 2.41. The molecular formula is C29H23N7O. The minimum atomic E-state index is -0.462. The molecule has 1 aliphatic rings. The van der Waals surface area contributed by atoms with Crippen LogP contribution >= 0.6 is 0 Å². The van der Waals surface area contributed by atoms with Crippen LogP contribution in [0.5, 0.6) is 0 Å². The Morgan fingerprint density at radius 3 is 2.35 bits per heavy atom. The summed E-state index contributed by atoms with van der Waals surface area (Å²) in [5.74, 6) is 1.09. The van der Waals surface area contributed by atoms with E-state index >= 15 is 0 Å². The zero-order chi connectivity index (χ0) is 25.0. The van der Waals surface area contributed by atoms with Crippen LogP contribution in [0, 0.1) is 0 Å². The number of nitrogens with zero attached hydrogens (tertiary/aromatic N) is 6. The van der Waals surface area contributed by atoms with Crippen LogP contribution in [0.1, 0.15) is 18.4 Å². The van der Waals surface area contributed by atoms with Crippen LogP contribution in [0.3, 0.4) is 0 Å². The second-order valence-corrected chi connectivity index (χ2v) is 9.58. The highest BCUT2D eigenvalue weighted by atomic mass is 16.3. The van der Waals surface area contributed by atoms with Crippen LogP contribution in [0.4, 0.5) is 0 Å². The van der Waals surface area contributed by atoms with E-state index in [4.69, 9.17) is 10.7 Å². The summed E-state index contributed by atoms with van der Waals surface area (Å²) in [6, 6.07) is 24.3. The van der Waals surface area contributed by atoms with Crippen molar-refractivity contribution in [2.45, 2.75) is 24.5 Å². The van der Waals surface area contributed by atoms with Gasteiger partial charge >= 0.3 is 0 Å². The molecule has 6 aromatic rings. The number of benzene rings is 2. The lowest BCUT2D eigenvalue weighted by atomic mass is 9.70. The molecule has 0 unspecified atom stereocenters. The van der Waals surface area contributed by atoms with Gasteiger partial charge in [0.25, 0.3) is 0 Å². The summed E-state index contributed by atoms with van der Waals surface area (Å²) >= 11 is 0. The zero-order valence-electron chi connectivity index (χ0n) is 19.9.